The standard InChI is InChI=1S/C7H10ClNS/c1-5(2)7-9-6(3-8)4-10-7/h4-5H,3H2,1-2H3/i1D3,2D3. The molecule has 0 aromatic carbocycles. The molecule has 0 saturated heterocycles. The quantitative estimate of drug-likeness (QED) is 0.640. The molecule has 0 bridgehead atoms. The smallest absolute Gasteiger partial charge is 0.0954 e. The molecule has 0 aliphatic carbocycles. The summed E-state index contributed by atoms with van der Waals surface area (Å²) in [5.74, 6) is -1.40. The Balaban J connectivity index is 3.12. The van der Waals surface area contributed by atoms with Crippen LogP contribution in [0.3, 0.4) is 0 Å². The molecule has 0 unspecified atom stereocenters. The maximum atomic E-state index is 7.26. The molecule has 0 N–H and O–H groups in total. The number of nitrogens with zero attached hydrogens (tertiary/aromatic N) is 1. The summed E-state index contributed by atoms with van der Waals surface area (Å²) in [5.41, 5.74) is 0.500. The van der Waals surface area contributed by atoms with Gasteiger partial charge in [-0.05, 0) is 0 Å². The monoisotopic (exact) mass is 181 g/mol. The average molecular weight is 182 g/mol. The Morgan fingerprint density at radius 1 is 1.90 bits per heavy atom. The van der Waals surface area contributed by atoms with Gasteiger partial charge >= 0.3 is 0 Å². The lowest BCUT2D eigenvalue weighted by atomic mass is 10.2. The second-order valence-electron chi connectivity index (χ2n) is 1.74. The van der Waals surface area contributed by atoms with Crippen LogP contribution < -0.4 is 0 Å². The second kappa shape index (κ2) is 3.35. The molecule has 0 saturated carbocycles. The third-order valence-electron chi connectivity index (χ3n) is 0.953. The van der Waals surface area contributed by atoms with Gasteiger partial charge in [0.05, 0.1) is 16.6 Å². The maximum absolute atomic E-state index is 7.26. The molecular formula is C7H10ClNS. The van der Waals surface area contributed by atoms with Gasteiger partial charge in [0.15, 0.2) is 0 Å². The van der Waals surface area contributed by atoms with E-state index >= 15 is 0 Å². The second-order valence-corrected chi connectivity index (χ2v) is 2.90. The van der Waals surface area contributed by atoms with Crippen molar-refractivity contribution in [3.63, 3.8) is 0 Å². The Morgan fingerprint density at radius 3 is 3.20 bits per heavy atom. The van der Waals surface area contributed by atoms with Crippen molar-refractivity contribution in [2.24, 2.45) is 0 Å². The molecule has 3 heteroatoms. The first kappa shape index (κ1) is 3.11. The fourth-order valence-corrected chi connectivity index (χ4v) is 1.44. The van der Waals surface area contributed by atoms with Gasteiger partial charge in [0.2, 0.25) is 0 Å². The van der Waals surface area contributed by atoms with Crippen molar-refractivity contribution >= 4 is 22.9 Å². The minimum absolute atomic E-state index is 0.0932. The Labute approximate surface area is 78.5 Å². The fraction of sp³-hybridized carbons (Fsp3) is 0.571. The number of halogens is 1. The highest BCUT2D eigenvalue weighted by molar-refractivity contribution is 7.09. The van der Waals surface area contributed by atoms with Crippen LogP contribution in [-0.4, -0.2) is 4.98 Å². The molecule has 0 aliphatic rings. The van der Waals surface area contributed by atoms with Crippen molar-refractivity contribution in [1.82, 2.24) is 4.98 Å². The minimum atomic E-state index is -2.59. The summed E-state index contributed by atoms with van der Waals surface area (Å²) >= 11 is 6.56. The third-order valence-corrected chi connectivity index (χ3v) is 2.19. The number of hydrogen-bond acceptors (Lipinski definition) is 2. The molecule has 0 radical (unpaired) electrons. The topological polar surface area (TPSA) is 12.9 Å². The van der Waals surface area contributed by atoms with E-state index in [2.05, 4.69) is 4.98 Å². The average Bonchev–Trinajstić information content (AvgIpc) is 2.47. The van der Waals surface area contributed by atoms with Gasteiger partial charge in [0.1, 0.15) is 0 Å². The third kappa shape index (κ3) is 1.70. The predicted octanol–water partition coefficient (Wildman–Crippen LogP) is 3.01. The fourth-order valence-electron chi connectivity index (χ4n) is 0.517. The van der Waals surface area contributed by atoms with Crippen LogP contribution in [0.25, 0.3) is 0 Å². The molecule has 10 heavy (non-hydrogen) atoms. The normalized spacial score (nSPS) is 22.2. The number of hydrogen-bond donors (Lipinski definition) is 0. The zero-order valence-electron chi connectivity index (χ0n) is 11.1. The van der Waals surface area contributed by atoms with Crippen molar-refractivity contribution in [1.29, 1.82) is 0 Å². The Kier molecular flexibility index (Phi) is 1.04. The minimum Gasteiger partial charge on any atom is -0.245 e. The highest BCUT2D eigenvalue weighted by atomic mass is 35.5. The zero-order valence-corrected chi connectivity index (χ0v) is 6.67. The molecular weight excluding hydrogens is 166 g/mol. The summed E-state index contributed by atoms with van der Waals surface area (Å²) in [7, 11) is 0. The molecule has 0 amide bonds. The first-order chi connectivity index (χ1) is 7.16. The van der Waals surface area contributed by atoms with Gasteiger partial charge in [-0.15, -0.1) is 22.9 Å². The van der Waals surface area contributed by atoms with Gasteiger partial charge in [-0.2, -0.15) is 0 Å². The van der Waals surface area contributed by atoms with E-state index in [1.165, 1.54) is 0 Å². The van der Waals surface area contributed by atoms with Crippen LogP contribution in [0.1, 0.15) is 38.5 Å². The highest BCUT2D eigenvalue weighted by Crippen LogP contribution is 2.19. The van der Waals surface area contributed by atoms with Crippen molar-refractivity contribution in [2.45, 2.75) is 25.5 Å². The molecule has 1 aromatic heterocycles. The Bertz CT molecular complexity index is 342. The van der Waals surface area contributed by atoms with Crippen LogP contribution in [0.15, 0.2) is 5.38 Å². The van der Waals surface area contributed by atoms with Crippen LogP contribution >= 0.6 is 22.9 Å². The lowest BCUT2D eigenvalue weighted by Gasteiger charge is -1.95. The maximum Gasteiger partial charge on any atom is 0.0954 e. The van der Waals surface area contributed by atoms with Gasteiger partial charge in [0.25, 0.3) is 0 Å². The summed E-state index contributed by atoms with van der Waals surface area (Å²) in [6.45, 7) is -5.18. The summed E-state index contributed by atoms with van der Waals surface area (Å²) < 4.78 is 43.5. The summed E-state index contributed by atoms with van der Waals surface area (Å²) in [5, 5.41) is 1.67. The molecule has 1 nitrogen and oxygen atoms in total. The number of rotatable bonds is 2. The lowest BCUT2D eigenvalue weighted by Crippen LogP contribution is -1.85. The molecule has 0 fully saturated rings. The van der Waals surface area contributed by atoms with Gasteiger partial charge in [-0.3, -0.25) is 0 Å². The first-order valence-corrected chi connectivity index (χ1v) is 4.08. The van der Waals surface area contributed by atoms with Crippen LogP contribution in [-0.2, 0) is 5.88 Å². The van der Waals surface area contributed by atoms with Gasteiger partial charge < -0.3 is 0 Å². The van der Waals surface area contributed by atoms with Crippen LogP contribution in [0, 0.1) is 0 Å². The van der Waals surface area contributed by atoms with E-state index in [9.17, 15) is 0 Å². The Morgan fingerprint density at radius 2 is 2.70 bits per heavy atom. The van der Waals surface area contributed by atoms with Crippen molar-refractivity contribution in [2.75, 3.05) is 0 Å². The zero-order chi connectivity index (χ0) is 12.6. The number of aromatic nitrogens is 1. The molecule has 1 rings (SSSR count). The molecule has 0 atom stereocenters. The summed E-state index contributed by atoms with van der Waals surface area (Å²) in [6.07, 6.45) is 0. The molecule has 1 heterocycles. The van der Waals surface area contributed by atoms with Crippen molar-refractivity contribution in [3.8, 4) is 0 Å². The molecule has 0 spiro atoms. The van der Waals surface area contributed by atoms with E-state index in [1.807, 2.05) is 0 Å². The lowest BCUT2D eigenvalue weighted by molar-refractivity contribution is 0.846. The number of thiazole rings is 1. The van der Waals surface area contributed by atoms with Gasteiger partial charge in [0, 0.05) is 19.5 Å². The highest BCUT2D eigenvalue weighted by Gasteiger charge is 2.03. The molecule has 56 valence electrons. The van der Waals surface area contributed by atoms with Crippen LogP contribution in [0.4, 0.5) is 0 Å². The van der Waals surface area contributed by atoms with E-state index in [-0.39, 0.29) is 10.9 Å². The van der Waals surface area contributed by atoms with Crippen molar-refractivity contribution < 1.29 is 8.22 Å². The summed E-state index contributed by atoms with van der Waals surface area (Å²) in [6, 6.07) is 0. The molecule has 0 aliphatic heterocycles. The largest absolute Gasteiger partial charge is 0.245 e. The predicted molar refractivity (Wildman–Crippen MR) is 45.8 cm³/mol. The Hall–Kier alpha value is -0.0800. The van der Waals surface area contributed by atoms with E-state index in [0.717, 1.165) is 11.3 Å². The SMILES string of the molecule is [2H]C([2H])([2H])C(c1nc(CCl)cs1)C([2H])([2H])[2H]. The van der Waals surface area contributed by atoms with E-state index in [4.69, 9.17) is 19.8 Å². The summed E-state index contributed by atoms with van der Waals surface area (Å²) in [4.78, 5) is 3.93. The van der Waals surface area contributed by atoms with E-state index in [0.29, 0.717) is 5.69 Å². The number of alkyl halides is 1. The van der Waals surface area contributed by atoms with E-state index in [1.54, 1.807) is 5.38 Å². The first-order valence-electron chi connectivity index (χ1n) is 5.66. The van der Waals surface area contributed by atoms with Gasteiger partial charge in [-0.25, -0.2) is 4.98 Å². The van der Waals surface area contributed by atoms with Gasteiger partial charge in [-0.1, -0.05) is 13.7 Å². The van der Waals surface area contributed by atoms with Crippen LogP contribution in [0.5, 0.6) is 0 Å². The van der Waals surface area contributed by atoms with Crippen LogP contribution in [0.2, 0.25) is 0 Å². The molecule has 1 aromatic rings. The van der Waals surface area contributed by atoms with Crippen molar-refractivity contribution in [3.05, 3.63) is 16.1 Å². The van der Waals surface area contributed by atoms with E-state index < -0.39 is 19.6 Å².